The topological polar surface area (TPSA) is 88.7 Å². The van der Waals surface area contributed by atoms with Crippen LogP contribution in [0.3, 0.4) is 0 Å². The summed E-state index contributed by atoms with van der Waals surface area (Å²) in [6.45, 7) is 9.40. The van der Waals surface area contributed by atoms with Crippen molar-refractivity contribution in [2.24, 2.45) is 0 Å². The summed E-state index contributed by atoms with van der Waals surface area (Å²) in [5.41, 5.74) is 1.41. The number of benzene rings is 1. The van der Waals surface area contributed by atoms with Gasteiger partial charge in [0.25, 0.3) is 5.91 Å². The van der Waals surface area contributed by atoms with E-state index in [0.29, 0.717) is 31.9 Å². The van der Waals surface area contributed by atoms with Gasteiger partial charge in [0.2, 0.25) is 5.91 Å². The lowest BCUT2D eigenvalue weighted by molar-refractivity contribution is -0.126. The van der Waals surface area contributed by atoms with Crippen molar-refractivity contribution in [3.05, 3.63) is 35.4 Å². The number of nitrogens with one attached hydrogen (secondary N) is 3. The quantitative estimate of drug-likeness (QED) is 0.132. The van der Waals surface area contributed by atoms with Gasteiger partial charge in [0.1, 0.15) is 12.0 Å². The lowest BCUT2D eigenvalue weighted by atomic mass is 10.1. The van der Waals surface area contributed by atoms with Crippen LogP contribution >= 0.6 is 21.6 Å². The Labute approximate surface area is 206 Å². The van der Waals surface area contributed by atoms with Gasteiger partial charge in [-0.3, -0.25) is 9.59 Å². The van der Waals surface area contributed by atoms with Gasteiger partial charge in [-0.05, 0) is 30.7 Å². The minimum absolute atomic E-state index is 0.0160. The summed E-state index contributed by atoms with van der Waals surface area (Å²) < 4.78 is 11.4. The molecule has 0 aliphatic rings. The average Bonchev–Trinajstić information content (AvgIpc) is 2.83. The minimum Gasteiger partial charge on any atom is -0.369 e. The third kappa shape index (κ3) is 14.2. The lowest BCUT2D eigenvalue weighted by Crippen LogP contribution is -2.31. The molecule has 1 unspecified atom stereocenters. The smallest absolute Gasteiger partial charge is 0.251 e. The van der Waals surface area contributed by atoms with Crippen molar-refractivity contribution in [3.63, 3.8) is 0 Å². The molecule has 0 saturated carbocycles. The molecule has 0 aliphatic carbocycles. The monoisotopic (exact) mass is 495 g/mol. The molecule has 184 valence electrons. The van der Waals surface area contributed by atoms with E-state index in [-0.39, 0.29) is 23.9 Å². The van der Waals surface area contributed by atoms with Gasteiger partial charge in [-0.1, -0.05) is 60.4 Å². The van der Waals surface area contributed by atoms with Crippen molar-refractivity contribution in [1.82, 2.24) is 16.0 Å². The fourth-order valence-corrected chi connectivity index (χ4v) is 4.45. The van der Waals surface area contributed by atoms with Crippen LogP contribution in [0.5, 0.6) is 0 Å². The first kappa shape index (κ1) is 29.3. The summed E-state index contributed by atoms with van der Waals surface area (Å²) in [6, 6.07) is 7.47. The highest BCUT2D eigenvalue weighted by Gasteiger charge is 2.14. The number of ether oxygens (including phenoxy) is 2. The maximum Gasteiger partial charge on any atom is 0.251 e. The maximum atomic E-state index is 12.2. The molecular formula is C24H37N3O4S2. The van der Waals surface area contributed by atoms with E-state index in [1.54, 1.807) is 21.6 Å². The van der Waals surface area contributed by atoms with Crippen LogP contribution in [-0.4, -0.2) is 63.6 Å². The predicted octanol–water partition coefficient (Wildman–Crippen LogP) is 3.38. The van der Waals surface area contributed by atoms with Crippen molar-refractivity contribution in [1.29, 1.82) is 0 Å². The fraction of sp³-hybridized carbons (Fsp3) is 0.583. The van der Waals surface area contributed by atoms with Crippen LogP contribution in [0.2, 0.25) is 0 Å². The van der Waals surface area contributed by atoms with E-state index in [9.17, 15) is 9.59 Å². The number of carbonyl (C=O) groups excluding carboxylic acids is 2. The van der Waals surface area contributed by atoms with Gasteiger partial charge in [0, 0.05) is 30.8 Å². The van der Waals surface area contributed by atoms with Crippen LogP contribution in [0.1, 0.15) is 55.0 Å². The Balaban J connectivity index is 2.41. The molecule has 0 aromatic heterocycles. The molecule has 1 atom stereocenters. The molecule has 2 amide bonds. The zero-order valence-corrected chi connectivity index (χ0v) is 21.5. The molecule has 1 aromatic carbocycles. The molecule has 0 spiro atoms. The molecule has 1 aromatic rings. The largest absolute Gasteiger partial charge is 0.369 e. The third-order valence-electron chi connectivity index (χ3n) is 4.16. The molecule has 0 bridgehead atoms. The maximum absolute atomic E-state index is 12.2. The number of likely N-dealkylation sites (N-methyl/N-ethyl adjacent to an activating group) is 1. The molecule has 0 fully saturated rings. The van der Waals surface area contributed by atoms with Gasteiger partial charge in [-0.2, -0.15) is 0 Å². The van der Waals surface area contributed by atoms with Gasteiger partial charge in [-0.15, -0.1) is 5.92 Å². The van der Waals surface area contributed by atoms with Crippen LogP contribution < -0.4 is 16.0 Å². The highest BCUT2D eigenvalue weighted by Crippen LogP contribution is 2.38. The number of hydrogen-bond donors (Lipinski definition) is 3. The van der Waals surface area contributed by atoms with Crippen molar-refractivity contribution in [2.45, 2.75) is 39.0 Å². The molecule has 3 N–H and O–H groups in total. The van der Waals surface area contributed by atoms with Crippen LogP contribution in [0.4, 0.5) is 0 Å². The summed E-state index contributed by atoms with van der Waals surface area (Å²) in [5.74, 6) is 6.56. The summed E-state index contributed by atoms with van der Waals surface area (Å²) in [5, 5.41) is 8.78. The predicted molar refractivity (Wildman–Crippen MR) is 138 cm³/mol. The van der Waals surface area contributed by atoms with Gasteiger partial charge in [0.15, 0.2) is 0 Å². The lowest BCUT2D eigenvalue weighted by Gasteiger charge is -2.17. The molecule has 33 heavy (non-hydrogen) atoms. The van der Waals surface area contributed by atoms with E-state index in [0.717, 1.165) is 37.2 Å². The molecule has 9 heteroatoms. The standard InChI is InChI=1S/C24H37N3O4S2/c1-4-7-8-9-14-26-22(28)19-30-17-18-31-24(33-32-6-3)21-12-10-20(11-13-21)23(29)27-16-15-25-5-2/h10-13,24-25H,4-7,14-19H2,1-3H3,(H,26,28)(H,27,29). The number of amides is 2. The Bertz CT molecular complexity index is 735. The molecule has 0 heterocycles. The van der Waals surface area contributed by atoms with E-state index in [4.69, 9.17) is 9.47 Å². The van der Waals surface area contributed by atoms with Gasteiger partial charge in [0.05, 0.1) is 19.8 Å². The van der Waals surface area contributed by atoms with Gasteiger partial charge < -0.3 is 25.4 Å². The van der Waals surface area contributed by atoms with E-state index in [1.807, 2.05) is 31.2 Å². The number of unbranched alkanes of at least 4 members (excludes halogenated alkanes) is 1. The number of rotatable bonds is 17. The third-order valence-corrected chi connectivity index (χ3v) is 6.75. The Morgan fingerprint density at radius 1 is 1.03 bits per heavy atom. The fourth-order valence-electron chi connectivity index (χ4n) is 2.49. The van der Waals surface area contributed by atoms with E-state index >= 15 is 0 Å². The highest BCUT2D eigenvalue weighted by molar-refractivity contribution is 8.76. The highest BCUT2D eigenvalue weighted by atomic mass is 33.1. The second-order valence-electron chi connectivity index (χ2n) is 6.87. The average molecular weight is 496 g/mol. The van der Waals surface area contributed by atoms with Crippen molar-refractivity contribution < 1.29 is 19.1 Å². The summed E-state index contributed by atoms with van der Waals surface area (Å²) in [4.78, 5) is 24.0. The van der Waals surface area contributed by atoms with Crippen LogP contribution in [0, 0.1) is 11.8 Å². The first-order chi connectivity index (χ1) is 16.1. The molecule has 0 radical (unpaired) electrons. The first-order valence-corrected chi connectivity index (χ1v) is 13.8. The van der Waals surface area contributed by atoms with E-state index in [1.165, 1.54) is 0 Å². The summed E-state index contributed by atoms with van der Waals surface area (Å²) in [6.07, 6.45) is 1.85. The molecular weight excluding hydrogens is 458 g/mol. The normalized spacial score (nSPS) is 11.4. The number of hydrogen-bond acceptors (Lipinski definition) is 7. The van der Waals surface area contributed by atoms with Crippen molar-refractivity contribution in [3.8, 4) is 11.8 Å². The van der Waals surface area contributed by atoms with Crippen molar-refractivity contribution >= 4 is 33.4 Å². The molecule has 0 aliphatic heterocycles. The Kier molecular flexibility index (Phi) is 17.5. The Morgan fingerprint density at radius 3 is 2.52 bits per heavy atom. The van der Waals surface area contributed by atoms with Crippen LogP contribution in [0.15, 0.2) is 24.3 Å². The zero-order valence-electron chi connectivity index (χ0n) is 19.9. The van der Waals surface area contributed by atoms with Crippen LogP contribution in [-0.2, 0) is 14.3 Å². The van der Waals surface area contributed by atoms with Crippen molar-refractivity contribution in [2.75, 3.05) is 51.8 Å². The molecule has 7 nitrogen and oxygen atoms in total. The number of carbonyl (C=O) groups is 2. The molecule has 1 rings (SSSR count). The second-order valence-corrected chi connectivity index (χ2v) is 9.59. The van der Waals surface area contributed by atoms with Gasteiger partial charge >= 0.3 is 0 Å². The van der Waals surface area contributed by atoms with E-state index in [2.05, 4.69) is 41.6 Å². The van der Waals surface area contributed by atoms with Gasteiger partial charge in [-0.25, -0.2) is 0 Å². The Morgan fingerprint density at radius 2 is 1.82 bits per heavy atom. The summed E-state index contributed by atoms with van der Waals surface area (Å²) >= 11 is 0. The van der Waals surface area contributed by atoms with E-state index < -0.39 is 0 Å². The second kappa shape index (κ2) is 19.7. The minimum atomic E-state index is -0.188. The molecule has 0 saturated heterocycles. The van der Waals surface area contributed by atoms with Crippen LogP contribution in [0.25, 0.3) is 0 Å². The Hall–Kier alpha value is -1.70. The summed E-state index contributed by atoms with van der Waals surface area (Å²) in [7, 11) is 3.33. The zero-order chi connectivity index (χ0) is 24.2. The SMILES string of the molecule is CCCC#CCNC(=O)COCCOC(SSCC)c1ccc(C(=O)NCCNCC)cc1. The first-order valence-electron chi connectivity index (χ1n) is 11.4.